The van der Waals surface area contributed by atoms with Crippen molar-refractivity contribution >= 4 is 21.6 Å². The number of nitrogens with zero attached hydrogens (tertiary/aromatic N) is 2. The number of anilines is 1. The Morgan fingerprint density at radius 3 is 2.76 bits per heavy atom. The third-order valence-electron chi connectivity index (χ3n) is 6.04. The van der Waals surface area contributed by atoms with Crippen molar-refractivity contribution < 1.29 is 26.7 Å². The number of alkyl halides is 2. The highest BCUT2D eigenvalue weighted by Gasteiger charge is 2.29. The zero-order valence-electron chi connectivity index (χ0n) is 18.3. The molecule has 1 N–H and O–H groups in total. The predicted octanol–water partition coefficient (Wildman–Crippen LogP) is 3.43. The summed E-state index contributed by atoms with van der Waals surface area (Å²) in [6.45, 7) is -0.533. The van der Waals surface area contributed by atoms with Gasteiger partial charge in [0.25, 0.3) is 0 Å². The highest BCUT2D eigenvalue weighted by molar-refractivity contribution is 7.90. The number of amides is 2. The Bertz CT molecular complexity index is 1130. The Morgan fingerprint density at radius 2 is 2.00 bits per heavy atom. The van der Waals surface area contributed by atoms with Gasteiger partial charge in [0.05, 0.1) is 4.90 Å². The smallest absolute Gasteiger partial charge is 0.387 e. The molecule has 2 heterocycles. The van der Waals surface area contributed by atoms with E-state index in [9.17, 15) is 22.0 Å². The number of fused-ring (bicyclic) bond motifs is 1. The third kappa shape index (κ3) is 5.62. The number of sulfone groups is 1. The van der Waals surface area contributed by atoms with E-state index in [0.29, 0.717) is 31.6 Å². The molecule has 0 spiro atoms. The maximum absolute atomic E-state index is 13.0. The van der Waals surface area contributed by atoms with Gasteiger partial charge >= 0.3 is 12.6 Å². The largest absolute Gasteiger partial charge is 0.434 e. The first-order chi connectivity index (χ1) is 15.7. The van der Waals surface area contributed by atoms with Gasteiger partial charge < -0.3 is 10.1 Å². The van der Waals surface area contributed by atoms with Crippen molar-refractivity contribution in [2.45, 2.75) is 43.4 Å². The number of ether oxygens (including phenoxy) is 1. The summed E-state index contributed by atoms with van der Waals surface area (Å²) in [5.74, 6) is 0.167. The molecule has 0 bridgehead atoms. The molecule has 178 valence electrons. The molecule has 2 aromatic carbocycles. The fraction of sp³-hybridized carbons (Fsp3) is 0.435. The van der Waals surface area contributed by atoms with E-state index >= 15 is 0 Å². The summed E-state index contributed by atoms with van der Waals surface area (Å²) in [6, 6.07) is 11.3. The highest BCUT2D eigenvalue weighted by atomic mass is 32.2. The second-order valence-corrected chi connectivity index (χ2v) is 10.5. The number of carbonyl (C=O) groups excluding carboxylic acids is 1. The van der Waals surface area contributed by atoms with Crippen LogP contribution in [0, 0.1) is 0 Å². The van der Waals surface area contributed by atoms with Crippen LogP contribution < -0.4 is 15.0 Å². The molecule has 33 heavy (non-hydrogen) atoms. The van der Waals surface area contributed by atoms with Crippen LogP contribution in [0.2, 0.25) is 0 Å². The number of rotatable bonds is 6. The molecule has 1 unspecified atom stereocenters. The summed E-state index contributed by atoms with van der Waals surface area (Å²) < 4.78 is 53.6. The number of carbonyl (C=O) groups is 1. The van der Waals surface area contributed by atoms with Gasteiger partial charge in [-0.3, -0.25) is 9.80 Å². The fourth-order valence-corrected chi connectivity index (χ4v) is 5.15. The van der Waals surface area contributed by atoms with Gasteiger partial charge in [0, 0.05) is 43.2 Å². The van der Waals surface area contributed by atoms with Crippen molar-refractivity contribution in [2.75, 3.05) is 30.8 Å². The van der Waals surface area contributed by atoms with Crippen LogP contribution in [0.5, 0.6) is 5.75 Å². The van der Waals surface area contributed by atoms with Gasteiger partial charge in [-0.15, -0.1) is 0 Å². The molecule has 1 fully saturated rings. The Hall–Kier alpha value is -2.72. The minimum absolute atomic E-state index is 0.0752. The van der Waals surface area contributed by atoms with Gasteiger partial charge in [0.1, 0.15) is 5.75 Å². The maximum atomic E-state index is 13.0. The molecule has 2 aliphatic heterocycles. The predicted molar refractivity (Wildman–Crippen MR) is 121 cm³/mol. The van der Waals surface area contributed by atoms with Gasteiger partial charge in [-0.2, -0.15) is 8.78 Å². The average molecular weight is 480 g/mol. The number of halogens is 2. The Balaban J connectivity index is 1.39. The number of piperidine rings is 1. The van der Waals surface area contributed by atoms with Crippen molar-refractivity contribution in [1.82, 2.24) is 10.2 Å². The lowest BCUT2D eigenvalue weighted by atomic mass is 10.0. The molecule has 10 heteroatoms. The molecule has 2 aromatic rings. The Morgan fingerprint density at radius 1 is 1.21 bits per heavy atom. The number of benzene rings is 2. The molecule has 4 rings (SSSR count). The first-order valence-electron chi connectivity index (χ1n) is 10.9. The molecule has 1 atom stereocenters. The maximum Gasteiger partial charge on any atom is 0.387 e. The minimum atomic E-state index is -3.30. The lowest BCUT2D eigenvalue weighted by Crippen LogP contribution is -2.51. The van der Waals surface area contributed by atoms with E-state index in [1.54, 1.807) is 35.2 Å². The van der Waals surface area contributed by atoms with Gasteiger partial charge in [0.2, 0.25) is 0 Å². The Kier molecular flexibility index (Phi) is 6.85. The molecule has 7 nitrogen and oxygen atoms in total. The summed E-state index contributed by atoms with van der Waals surface area (Å²) >= 11 is 0. The van der Waals surface area contributed by atoms with Gasteiger partial charge in [0.15, 0.2) is 9.84 Å². The van der Waals surface area contributed by atoms with Crippen LogP contribution in [-0.2, 0) is 22.8 Å². The summed E-state index contributed by atoms with van der Waals surface area (Å²) in [5, 5.41) is 3.08. The van der Waals surface area contributed by atoms with Crippen molar-refractivity contribution in [3.63, 3.8) is 0 Å². The standard InChI is InChI=1S/C23H27F2N3O4S/c1-33(30,31)19-8-9-20-16(13-19)10-12-28(20)23(29)26-18-6-4-11-27(15-18)14-17-5-2-3-7-21(17)32-22(24)25/h2-3,5,7-9,13,18,22H,4,6,10-12,14-15H2,1H3,(H,26,29). The SMILES string of the molecule is CS(=O)(=O)c1ccc2c(c1)CCN2C(=O)NC1CCCN(Cc2ccccc2OC(F)F)C1. The summed E-state index contributed by atoms with van der Waals surface area (Å²) in [5.41, 5.74) is 2.25. The minimum Gasteiger partial charge on any atom is -0.434 e. The van der Waals surface area contributed by atoms with Crippen LogP contribution in [0.25, 0.3) is 0 Å². The van der Waals surface area contributed by atoms with Crippen molar-refractivity contribution in [1.29, 1.82) is 0 Å². The number of likely N-dealkylation sites (tertiary alicyclic amines) is 1. The molecular weight excluding hydrogens is 452 g/mol. The van der Waals surface area contributed by atoms with Gasteiger partial charge in [-0.25, -0.2) is 13.2 Å². The van der Waals surface area contributed by atoms with Gasteiger partial charge in [-0.1, -0.05) is 18.2 Å². The van der Waals surface area contributed by atoms with E-state index in [0.717, 1.165) is 30.6 Å². The zero-order valence-corrected chi connectivity index (χ0v) is 19.2. The van der Waals surface area contributed by atoms with Crippen LogP contribution in [0.4, 0.5) is 19.3 Å². The number of para-hydroxylation sites is 1. The second kappa shape index (κ2) is 9.64. The topological polar surface area (TPSA) is 79.0 Å². The van der Waals surface area contributed by atoms with Gasteiger partial charge in [-0.05, 0) is 55.6 Å². The molecule has 0 aromatic heterocycles. The molecule has 0 radical (unpaired) electrons. The van der Waals surface area contributed by atoms with Crippen LogP contribution in [0.1, 0.15) is 24.0 Å². The summed E-state index contributed by atoms with van der Waals surface area (Å²) in [4.78, 5) is 17.0. The molecule has 1 saturated heterocycles. The van der Waals surface area contributed by atoms with Crippen LogP contribution in [-0.4, -0.2) is 57.9 Å². The van der Waals surface area contributed by atoms with Crippen molar-refractivity contribution in [3.8, 4) is 5.75 Å². The number of urea groups is 1. The Labute approximate surface area is 192 Å². The second-order valence-electron chi connectivity index (χ2n) is 8.47. The first kappa shape index (κ1) is 23.4. The van der Waals surface area contributed by atoms with E-state index in [2.05, 4.69) is 15.0 Å². The van der Waals surface area contributed by atoms with E-state index in [-0.39, 0.29) is 22.7 Å². The van der Waals surface area contributed by atoms with E-state index in [1.165, 1.54) is 18.4 Å². The first-order valence-corrected chi connectivity index (χ1v) is 12.8. The number of hydrogen-bond acceptors (Lipinski definition) is 5. The quantitative estimate of drug-likeness (QED) is 0.687. The average Bonchev–Trinajstić information content (AvgIpc) is 3.18. The highest BCUT2D eigenvalue weighted by Crippen LogP contribution is 2.30. The fourth-order valence-electron chi connectivity index (χ4n) is 4.48. The normalized spacial score (nSPS) is 18.9. The molecule has 2 amide bonds. The van der Waals surface area contributed by atoms with Crippen LogP contribution >= 0.6 is 0 Å². The van der Waals surface area contributed by atoms with Crippen LogP contribution in [0.15, 0.2) is 47.4 Å². The lowest BCUT2D eigenvalue weighted by molar-refractivity contribution is -0.0508. The molecule has 0 aliphatic carbocycles. The monoisotopic (exact) mass is 479 g/mol. The van der Waals surface area contributed by atoms with Crippen LogP contribution in [0.3, 0.4) is 0 Å². The van der Waals surface area contributed by atoms with Crippen molar-refractivity contribution in [2.24, 2.45) is 0 Å². The molecule has 0 saturated carbocycles. The third-order valence-corrected chi connectivity index (χ3v) is 7.15. The summed E-state index contributed by atoms with van der Waals surface area (Å²) in [7, 11) is -3.30. The van der Waals surface area contributed by atoms with E-state index in [1.807, 2.05) is 0 Å². The summed E-state index contributed by atoms with van der Waals surface area (Å²) in [6.07, 6.45) is 3.47. The number of hydrogen-bond donors (Lipinski definition) is 1. The van der Waals surface area contributed by atoms with E-state index < -0.39 is 16.4 Å². The molecular formula is C23H27F2N3O4S. The molecule has 2 aliphatic rings. The number of nitrogens with one attached hydrogen (secondary N) is 1. The van der Waals surface area contributed by atoms with Crippen molar-refractivity contribution in [3.05, 3.63) is 53.6 Å². The lowest BCUT2D eigenvalue weighted by Gasteiger charge is -2.34. The zero-order chi connectivity index (χ0) is 23.6. The van der Waals surface area contributed by atoms with E-state index in [4.69, 9.17) is 0 Å².